The lowest BCUT2D eigenvalue weighted by Crippen LogP contribution is -2.22. The van der Waals surface area contributed by atoms with Crippen molar-refractivity contribution in [3.63, 3.8) is 0 Å². The molecule has 0 saturated heterocycles. The Morgan fingerprint density at radius 1 is 1.32 bits per heavy atom. The van der Waals surface area contributed by atoms with E-state index < -0.39 is 18.9 Å². The number of ether oxygens (including phenoxy) is 2. The molecule has 0 radical (unpaired) electrons. The van der Waals surface area contributed by atoms with E-state index >= 15 is 0 Å². The number of benzene rings is 1. The van der Waals surface area contributed by atoms with Gasteiger partial charge in [-0.2, -0.15) is 0 Å². The van der Waals surface area contributed by atoms with Gasteiger partial charge in [-0.05, 0) is 19.1 Å². The van der Waals surface area contributed by atoms with Crippen molar-refractivity contribution in [2.24, 2.45) is 7.05 Å². The number of alkyl halides is 3. The molecule has 0 aliphatic carbocycles. The van der Waals surface area contributed by atoms with Crippen LogP contribution >= 0.6 is 11.3 Å². The average molecular weight is 413 g/mol. The Morgan fingerprint density at radius 3 is 2.79 bits per heavy atom. The summed E-state index contributed by atoms with van der Waals surface area (Å²) >= 11 is 0.983. The second-order valence-electron chi connectivity index (χ2n) is 5.79. The van der Waals surface area contributed by atoms with E-state index in [1.165, 1.54) is 24.4 Å². The van der Waals surface area contributed by atoms with Crippen molar-refractivity contribution in [2.45, 2.75) is 13.3 Å². The van der Waals surface area contributed by atoms with Crippen LogP contribution in [0.3, 0.4) is 0 Å². The molecule has 3 rings (SSSR count). The van der Waals surface area contributed by atoms with Gasteiger partial charge in [-0.25, -0.2) is 4.98 Å². The van der Waals surface area contributed by atoms with Crippen LogP contribution in [-0.2, 0) is 11.8 Å². The van der Waals surface area contributed by atoms with Gasteiger partial charge in [0.2, 0.25) is 5.43 Å². The molecule has 0 unspecified atom stereocenters. The summed E-state index contributed by atoms with van der Waals surface area (Å²) in [6, 6.07) is 5.07. The molecule has 7 nitrogen and oxygen atoms in total. The standard InChI is InChI=1S/C17H14F3N3O4S/c1-9-5-12(24)13(7-23(9)2)26-8-15(25)22-16-21-11-4-3-10(6-14(11)28-16)27-17(18,19)20/h3-7H,8H2,1-2H3,(H,21,22,25). The Bertz CT molecular complexity index is 1090. The number of thiazole rings is 1. The lowest BCUT2D eigenvalue weighted by Gasteiger charge is -2.08. The Morgan fingerprint density at radius 2 is 2.07 bits per heavy atom. The van der Waals surface area contributed by atoms with Crippen LogP contribution in [0, 0.1) is 6.92 Å². The number of carbonyl (C=O) groups is 1. The third-order valence-electron chi connectivity index (χ3n) is 3.65. The Labute approximate surface area is 160 Å². The third-order valence-corrected chi connectivity index (χ3v) is 4.58. The number of amides is 1. The molecule has 0 aliphatic heterocycles. The largest absolute Gasteiger partial charge is 0.573 e. The first kappa shape index (κ1) is 19.7. The van der Waals surface area contributed by atoms with Crippen LogP contribution in [-0.4, -0.2) is 28.4 Å². The number of pyridine rings is 1. The molecule has 3 aromatic rings. The molecule has 0 atom stereocenters. The number of nitrogens with one attached hydrogen (secondary N) is 1. The summed E-state index contributed by atoms with van der Waals surface area (Å²) in [5.41, 5.74) is 0.800. The number of halogens is 3. The Balaban J connectivity index is 1.66. The Hall–Kier alpha value is -3.08. The first-order valence-electron chi connectivity index (χ1n) is 7.87. The number of anilines is 1. The van der Waals surface area contributed by atoms with Gasteiger partial charge in [0, 0.05) is 31.1 Å². The van der Waals surface area contributed by atoms with Crippen LogP contribution in [0.4, 0.5) is 18.3 Å². The van der Waals surface area contributed by atoms with Gasteiger partial charge in [0.05, 0.1) is 10.2 Å². The predicted octanol–water partition coefficient (Wildman–Crippen LogP) is 3.22. The highest BCUT2D eigenvalue weighted by molar-refractivity contribution is 7.22. The summed E-state index contributed by atoms with van der Waals surface area (Å²) in [5, 5.41) is 2.67. The minimum atomic E-state index is -4.79. The van der Waals surface area contributed by atoms with Crippen LogP contribution in [0.5, 0.6) is 11.5 Å². The average Bonchev–Trinajstić information content (AvgIpc) is 2.96. The van der Waals surface area contributed by atoms with Gasteiger partial charge in [0.25, 0.3) is 5.91 Å². The summed E-state index contributed by atoms with van der Waals surface area (Å²) in [5.74, 6) is -0.907. The number of fused-ring (bicyclic) bond motifs is 1. The fourth-order valence-corrected chi connectivity index (χ4v) is 3.18. The summed E-state index contributed by atoms with van der Waals surface area (Å²) in [6.45, 7) is 1.34. The Kier molecular flexibility index (Phi) is 5.27. The normalized spacial score (nSPS) is 11.5. The molecule has 11 heteroatoms. The van der Waals surface area contributed by atoms with Gasteiger partial charge in [-0.1, -0.05) is 11.3 Å². The molecule has 1 N–H and O–H groups in total. The van der Waals surface area contributed by atoms with Crippen molar-refractivity contribution in [3.05, 3.63) is 46.4 Å². The van der Waals surface area contributed by atoms with Crippen molar-refractivity contribution in [1.29, 1.82) is 0 Å². The molecule has 1 aromatic carbocycles. The molecule has 148 valence electrons. The number of carbonyl (C=O) groups excluding carboxylic acids is 1. The number of rotatable bonds is 5. The van der Waals surface area contributed by atoms with E-state index in [0.29, 0.717) is 10.2 Å². The second kappa shape index (κ2) is 7.50. The maximum absolute atomic E-state index is 12.3. The summed E-state index contributed by atoms with van der Waals surface area (Å²) < 4.78 is 48.1. The van der Waals surface area contributed by atoms with Gasteiger partial charge < -0.3 is 14.0 Å². The number of hydrogen-bond acceptors (Lipinski definition) is 6. The van der Waals surface area contributed by atoms with Gasteiger partial charge in [0.15, 0.2) is 17.5 Å². The quantitative estimate of drug-likeness (QED) is 0.695. The molecule has 0 fully saturated rings. The summed E-state index contributed by atoms with van der Waals surface area (Å²) in [4.78, 5) is 28.0. The van der Waals surface area contributed by atoms with E-state index in [4.69, 9.17) is 4.74 Å². The SMILES string of the molecule is Cc1cc(=O)c(OCC(=O)Nc2nc3ccc(OC(F)(F)F)cc3s2)cn1C. The lowest BCUT2D eigenvalue weighted by molar-refractivity contribution is -0.274. The van der Waals surface area contributed by atoms with Crippen molar-refractivity contribution >= 4 is 32.6 Å². The van der Waals surface area contributed by atoms with Crippen molar-refractivity contribution in [1.82, 2.24) is 9.55 Å². The highest BCUT2D eigenvalue weighted by Gasteiger charge is 2.31. The van der Waals surface area contributed by atoms with E-state index in [9.17, 15) is 22.8 Å². The number of aryl methyl sites for hydroxylation is 2. The fraction of sp³-hybridized carbons (Fsp3) is 0.235. The molecule has 0 bridgehead atoms. The molecule has 2 aromatic heterocycles. The fourth-order valence-electron chi connectivity index (χ4n) is 2.27. The highest BCUT2D eigenvalue weighted by atomic mass is 32.1. The van der Waals surface area contributed by atoms with Gasteiger partial charge in [0.1, 0.15) is 5.75 Å². The van der Waals surface area contributed by atoms with Gasteiger partial charge >= 0.3 is 6.36 Å². The molecule has 0 saturated carbocycles. The van der Waals surface area contributed by atoms with E-state index in [1.54, 1.807) is 18.5 Å². The molecular weight excluding hydrogens is 399 g/mol. The maximum atomic E-state index is 12.3. The molecule has 1 amide bonds. The van der Waals surface area contributed by atoms with Crippen molar-refractivity contribution in [3.8, 4) is 11.5 Å². The predicted molar refractivity (Wildman–Crippen MR) is 96.8 cm³/mol. The summed E-state index contributed by atoms with van der Waals surface area (Å²) in [6.07, 6.45) is -3.31. The second-order valence-corrected chi connectivity index (χ2v) is 6.82. The van der Waals surface area contributed by atoms with Crippen LogP contribution in [0.2, 0.25) is 0 Å². The maximum Gasteiger partial charge on any atom is 0.573 e. The van der Waals surface area contributed by atoms with Crippen LogP contribution in [0.15, 0.2) is 35.3 Å². The van der Waals surface area contributed by atoms with E-state index in [1.807, 2.05) is 0 Å². The summed E-state index contributed by atoms with van der Waals surface area (Å²) in [7, 11) is 1.74. The third kappa shape index (κ3) is 4.80. The van der Waals surface area contributed by atoms with Crippen molar-refractivity contribution < 1.29 is 27.4 Å². The van der Waals surface area contributed by atoms with E-state index in [-0.39, 0.29) is 22.1 Å². The lowest BCUT2D eigenvalue weighted by atomic mass is 10.3. The van der Waals surface area contributed by atoms with E-state index in [0.717, 1.165) is 23.1 Å². The molecular formula is C17H14F3N3O4S. The van der Waals surface area contributed by atoms with Crippen LogP contribution in [0.1, 0.15) is 5.69 Å². The van der Waals surface area contributed by atoms with Gasteiger partial charge in [-0.15, -0.1) is 13.2 Å². The highest BCUT2D eigenvalue weighted by Crippen LogP contribution is 2.31. The minimum Gasteiger partial charge on any atom is -0.478 e. The van der Waals surface area contributed by atoms with Gasteiger partial charge in [-0.3, -0.25) is 14.9 Å². The number of hydrogen-bond donors (Lipinski definition) is 1. The van der Waals surface area contributed by atoms with Crippen LogP contribution in [0.25, 0.3) is 10.2 Å². The zero-order valence-electron chi connectivity index (χ0n) is 14.7. The zero-order chi connectivity index (χ0) is 20.5. The molecule has 2 heterocycles. The molecule has 0 aliphatic rings. The van der Waals surface area contributed by atoms with E-state index in [2.05, 4.69) is 15.0 Å². The number of nitrogens with zero attached hydrogens (tertiary/aromatic N) is 2. The molecule has 0 spiro atoms. The van der Waals surface area contributed by atoms with Crippen LogP contribution < -0.4 is 20.2 Å². The zero-order valence-corrected chi connectivity index (χ0v) is 15.5. The monoisotopic (exact) mass is 413 g/mol. The number of aromatic nitrogens is 2. The topological polar surface area (TPSA) is 82.5 Å². The first-order valence-corrected chi connectivity index (χ1v) is 8.68. The van der Waals surface area contributed by atoms with Crippen molar-refractivity contribution in [2.75, 3.05) is 11.9 Å². The smallest absolute Gasteiger partial charge is 0.478 e. The molecule has 28 heavy (non-hydrogen) atoms. The first-order chi connectivity index (χ1) is 13.1. The minimum absolute atomic E-state index is 0.0292.